The molecule has 0 radical (unpaired) electrons. The maximum absolute atomic E-state index is 12.4. The van der Waals surface area contributed by atoms with Crippen molar-refractivity contribution in [2.24, 2.45) is 0 Å². The molecule has 5 aromatic rings. The van der Waals surface area contributed by atoms with Gasteiger partial charge in [-0.25, -0.2) is 0 Å². The second-order valence-corrected chi connectivity index (χ2v) is 12.0. The van der Waals surface area contributed by atoms with E-state index in [2.05, 4.69) is 18.0 Å². The van der Waals surface area contributed by atoms with Gasteiger partial charge in [0.2, 0.25) is 16.5 Å². The molecule has 0 bridgehead atoms. The number of furan rings is 2. The first-order valence-corrected chi connectivity index (χ1v) is 15.3. The SMILES string of the molecule is C=C=C=C(N1C(=CC(=Cc2oc3cc4ccoc4cc3[n+]2CS(=O)(=O)O)CC)Oc2cc3ccoc3cc21)S(=O)(=O)O. The lowest BCUT2D eigenvalue weighted by atomic mass is 10.2. The molecule has 1 aliphatic rings. The fourth-order valence-corrected chi connectivity index (χ4v) is 5.86. The van der Waals surface area contributed by atoms with Crippen LogP contribution in [0, 0.1) is 0 Å². The number of ether oxygens (including phenoxy) is 1. The Kier molecular flexibility index (Phi) is 6.47. The van der Waals surface area contributed by atoms with Gasteiger partial charge in [0, 0.05) is 22.9 Å². The Hall–Kier alpha value is -4.81. The van der Waals surface area contributed by atoms with Gasteiger partial charge >= 0.3 is 26.1 Å². The highest BCUT2D eigenvalue weighted by Gasteiger charge is 2.36. The van der Waals surface area contributed by atoms with E-state index in [1.54, 1.807) is 43.3 Å². The van der Waals surface area contributed by atoms with Gasteiger partial charge in [-0.05, 0) is 48.6 Å². The molecule has 0 unspecified atom stereocenters. The van der Waals surface area contributed by atoms with Crippen LogP contribution in [0.4, 0.5) is 5.69 Å². The number of oxazole rings is 1. The molecule has 0 amide bonds. The zero-order valence-electron chi connectivity index (χ0n) is 21.8. The molecule has 2 N–H and O–H groups in total. The molecular formula is C28H21N2O10S2+. The molecule has 2 aromatic carbocycles. The number of anilines is 1. The Bertz CT molecular complexity index is 2290. The molecule has 0 saturated carbocycles. The van der Waals surface area contributed by atoms with E-state index < -0.39 is 31.1 Å². The van der Waals surface area contributed by atoms with Gasteiger partial charge < -0.3 is 18.0 Å². The zero-order chi connectivity index (χ0) is 29.8. The van der Waals surface area contributed by atoms with Gasteiger partial charge in [-0.1, -0.05) is 12.7 Å². The van der Waals surface area contributed by atoms with Gasteiger partial charge in [-0.3, -0.25) is 14.0 Å². The molecule has 0 saturated heterocycles. The fourth-order valence-electron chi connectivity index (χ4n) is 4.65. The Morgan fingerprint density at radius 2 is 1.71 bits per heavy atom. The molecule has 14 heteroatoms. The number of benzene rings is 2. The van der Waals surface area contributed by atoms with Crippen molar-refractivity contribution in [3.05, 3.63) is 95.4 Å². The molecule has 42 heavy (non-hydrogen) atoms. The molecule has 0 atom stereocenters. The first kappa shape index (κ1) is 27.4. The van der Waals surface area contributed by atoms with Crippen molar-refractivity contribution in [3.63, 3.8) is 0 Å². The summed E-state index contributed by atoms with van der Waals surface area (Å²) >= 11 is 0. The van der Waals surface area contributed by atoms with Crippen LogP contribution in [0.2, 0.25) is 0 Å². The normalized spacial score (nSPS) is 14.9. The molecule has 214 valence electrons. The van der Waals surface area contributed by atoms with Crippen LogP contribution < -0.4 is 14.2 Å². The van der Waals surface area contributed by atoms with Crippen LogP contribution in [0.15, 0.2) is 103 Å². The number of hydrogen-bond donors (Lipinski definition) is 2. The third-order valence-corrected chi connectivity index (χ3v) is 7.83. The quantitative estimate of drug-likeness (QED) is 0.140. The van der Waals surface area contributed by atoms with Crippen molar-refractivity contribution < 1.29 is 48.5 Å². The van der Waals surface area contributed by atoms with Crippen LogP contribution >= 0.6 is 0 Å². The average Bonchev–Trinajstić information content (AvgIpc) is 3.69. The zero-order valence-corrected chi connectivity index (χ0v) is 23.4. The smallest absolute Gasteiger partial charge is 0.375 e. The number of allylic oxidation sites excluding steroid dienone is 2. The Labute approximate surface area is 238 Å². The molecule has 0 spiro atoms. The van der Waals surface area contributed by atoms with Crippen LogP contribution in [-0.2, 0) is 26.1 Å². The van der Waals surface area contributed by atoms with E-state index in [1.165, 1.54) is 29.2 Å². The van der Waals surface area contributed by atoms with Crippen molar-refractivity contribution in [1.82, 2.24) is 0 Å². The molecule has 0 aliphatic carbocycles. The summed E-state index contributed by atoms with van der Waals surface area (Å²) in [6.07, 6.45) is 6.31. The standard InChI is InChI=1S/C28H20N2O10S2/c1-3-5-28(42(34,35)36)30-21-15-23-19(7-9-38-23)13-25(21)40-27(30)11-17(4-2)10-26-29(16-41(31,32)33)20-14-22-18(6-8-37-22)12-24(20)39-26/h6-15H,1,4,16H2,2H3,(H-,31,32,33,34,35,36)/p+1. The van der Waals surface area contributed by atoms with E-state index in [4.69, 9.17) is 18.0 Å². The Morgan fingerprint density at radius 3 is 2.36 bits per heavy atom. The van der Waals surface area contributed by atoms with Crippen LogP contribution in [0.25, 0.3) is 39.1 Å². The largest absolute Gasteiger partial charge is 0.464 e. The van der Waals surface area contributed by atoms with Crippen molar-refractivity contribution in [2.45, 2.75) is 19.2 Å². The summed E-state index contributed by atoms with van der Waals surface area (Å²) in [6, 6.07) is 9.89. The van der Waals surface area contributed by atoms with Crippen molar-refractivity contribution >= 4 is 65.0 Å². The van der Waals surface area contributed by atoms with Crippen molar-refractivity contribution in [1.29, 1.82) is 0 Å². The summed E-state index contributed by atoms with van der Waals surface area (Å²) in [7, 11) is -9.35. The topological polar surface area (TPSA) is 165 Å². The van der Waals surface area contributed by atoms with Crippen LogP contribution in [0.1, 0.15) is 19.2 Å². The molecule has 12 nitrogen and oxygen atoms in total. The van der Waals surface area contributed by atoms with E-state index >= 15 is 0 Å². The number of hydrogen-bond acceptors (Lipinski definition) is 9. The first-order chi connectivity index (χ1) is 19.9. The van der Waals surface area contributed by atoms with E-state index in [0.717, 1.165) is 10.3 Å². The summed E-state index contributed by atoms with van der Waals surface area (Å²) in [5.41, 5.74) is 6.93. The average molecular weight is 610 g/mol. The highest BCUT2D eigenvalue weighted by molar-refractivity contribution is 7.90. The molecule has 1 aliphatic heterocycles. The van der Waals surface area contributed by atoms with Crippen LogP contribution in [-0.4, -0.2) is 25.9 Å². The second kappa shape index (κ2) is 9.93. The summed E-state index contributed by atoms with van der Waals surface area (Å²) in [5, 5.41) is 0.718. The number of aromatic nitrogens is 1. The van der Waals surface area contributed by atoms with Gasteiger partial charge in [0.15, 0.2) is 5.75 Å². The Morgan fingerprint density at radius 1 is 1.02 bits per heavy atom. The predicted molar refractivity (Wildman–Crippen MR) is 151 cm³/mol. The first-order valence-electron chi connectivity index (χ1n) is 12.3. The van der Waals surface area contributed by atoms with Crippen LogP contribution in [0.3, 0.4) is 0 Å². The number of fused-ring (bicyclic) bond motifs is 4. The maximum atomic E-state index is 12.4. The summed E-state index contributed by atoms with van der Waals surface area (Å²) in [6.45, 7) is 5.18. The summed E-state index contributed by atoms with van der Waals surface area (Å²) < 4.78 is 92.5. The lowest BCUT2D eigenvalue weighted by Gasteiger charge is -2.17. The van der Waals surface area contributed by atoms with Gasteiger partial charge in [-0.15, -0.1) is 4.57 Å². The van der Waals surface area contributed by atoms with E-state index in [9.17, 15) is 25.9 Å². The third kappa shape index (κ3) is 4.95. The number of nitrogens with zero attached hydrogens (tertiary/aromatic N) is 2. The molecule has 6 rings (SSSR count). The number of rotatable bonds is 7. The molecule has 0 fully saturated rings. The van der Waals surface area contributed by atoms with Crippen molar-refractivity contribution in [3.8, 4) is 5.75 Å². The van der Waals surface area contributed by atoms with Crippen molar-refractivity contribution in [2.75, 3.05) is 4.90 Å². The summed E-state index contributed by atoms with van der Waals surface area (Å²) in [4.78, 5) is 1.12. The third-order valence-electron chi connectivity index (χ3n) is 6.48. The minimum Gasteiger partial charge on any atom is -0.464 e. The van der Waals surface area contributed by atoms with Gasteiger partial charge in [0.1, 0.15) is 11.2 Å². The molecular weight excluding hydrogens is 588 g/mol. The maximum Gasteiger partial charge on any atom is 0.375 e. The minimum atomic E-state index is -4.85. The fraction of sp³-hybridized carbons (Fsp3) is 0.107. The van der Waals surface area contributed by atoms with Gasteiger partial charge in [0.25, 0.3) is 11.4 Å². The predicted octanol–water partition coefficient (Wildman–Crippen LogP) is 5.26. The monoisotopic (exact) mass is 609 g/mol. The van der Waals surface area contributed by atoms with Gasteiger partial charge in [-0.2, -0.15) is 16.8 Å². The summed E-state index contributed by atoms with van der Waals surface area (Å²) in [5.74, 6) is -0.500. The lowest BCUT2D eigenvalue weighted by Crippen LogP contribution is -2.39. The molecule has 3 aromatic heterocycles. The Balaban J connectivity index is 1.54. The van der Waals surface area contributed by atoms with E-state index in [-0.39, 0.29) is 23.2 Å². The van der Waals surface area contributed by atoms with Crippen LogP contribution in [0.5, 0.6) is 5.75 Å². The highest BCUT2D eigenvalue weighted by Crippen LogP contribution is 2.45. The highest BCUT2D eigenvalue weighted by atomic mass is 32.2. The van der Waals surface area contributed by atoms with E-state index in [1.807, 2.05) is 0 Å². The molecule has 4 heterocycles. The lowest BCUT2D eigenvalue weighted by molar-refractivity contribution is -0.658. The minimum absolute atomic E-state index is 0.0314. The van der Waals surface area contributed by atoms with Gasteiger partial charge in [0.05, 0.1) is 30.4 Å². The second-order valence-electron chi connectivity index (χ2n) is 9.21. The van der Waals surface area contributed by atoms with E-state index in [0.29, 0.717) is 39.6 Å².